The normalized spacial score (nSPS) is 24.5. The Morgan fingerprint density at radius 2 is 1.92 bits per heavy atom. The second-order valence-electron chi connectivity index (χ2n) is 7.22. The molecule has 0 amide bonds. The van der Waals surface area contributed by atoms with Gasteiger partial charge >= 0.3 is 0 Å². The fourth-order valence-electron chi connectivity index (χ4n) is 4.56. The van der Waals surface area contributed by atoms with Crippen LogP contribution >= 0.6 is 0 Å². The second-order valence-corrected chi connectivity index (χ2v) is 7.22. The third kappa shape index (κ3) is 2.33. The van der Waals surface area contributed by atoms with E-state index < -0.39 is 0 Å². The van der Waals surface area contributed by atoms with Crippen LogP contribution in [-0.2, 0) is 0 Å². The average Bonchev–Trinajstić information content (AvgIpc) is 2.68. The number of hydrogen-bond acceptors (Lipinski definition) is 5. The Kier molecular flexibility index (Phi) is 3.53. The molecule has 4 heterocycles. The van der Waals surface area contributed by atoms with Crippen LogP contribution in [-0.4, -0.2) is 39.3 Å². The van der Waals surface area contributed by atoms with Gasteiger partial charge in [0.05, 0.1) is 29.9 Å². The predicted octanol–water partition coefficient (Wildman–Crippen LogP) is 1.95. The van der Waals surface area contributed by atoms with Gasteiger partial charge in [0.1, 0.15) is 5.82 Å². The molecule has 0 radical (unpaired) electrons. The minimum Gasteiger partial charge on any atom is -0.394 e. The lowest BCUT2D eigenvalue weighted by Gasteiger charge is -2.46. The van der Waals surface area contributed by atoms with Crippen LogP contribution in [0.2, 0.25) is 0 Å². The summed E-state index contributed by atoms with van der Waals surface area (Å²) in [5, 5.41) is 9.97. The highest BCUT2D eigenvalue weighted by molar-refractivity contribution is 5.75. The third-order valence-corrected chi connectivity index (χ3v) is 5.75. The van der Waals surface area contributed by atoms with Gasteiger partial charge in [-0.2, -0.15) is 0 Å². The van der Waals surface area contributed by atoms with Crippen LogP contribution in [0.5, 0.6) is 0 Å². The van der Waals surface area contributed by atoms with Crippen molar-refractivity contribution in [3.63, 3.8) is 0 Å². The lowest BCUT2D eigenvalue weighted by Crippen LogP contribution is -2.50. The summed E-state index contributed by atoms with van der Waals surface area (Å²) in [4.78, 5) is 24.0. The lowest BCUT2D eigenvalue weighted by atomic mass is 9.78. The first kappa shape index (κ1) is 15.5. The van der Waals surface area contributed by atoms with E-state index in [0.717, 1.165) is 42.1 Å². The quantitative estimate of drug-likeness (QED) is 0.766. The Balaban J connectivity index is 1.56. The smallest absolute Gasteiger partial charge is 0.251 e. The molecule has 6 heteroatoms. The summed E-state index contributed by atoms with van der Waals surface area (Å²) in [5.74, 6) is 1.35. The molecule has 2 aromatic heterocycles. The van der Waals surface area contributed by atoms with Gasteiger partial charge in [0, 0.05) is 36.7 Å². The van der Waals surface area contributed by atoms with Gasteiger partial charge in [0.15, 0.2) is 0 Å². The predicted molar refractivity (Wildman–Crippen MR) is 99.4 cm³/mol. The van der Waals surface area contributed by atoms with Crippen molar-refractivity contribution in [3.8, 4) is 0 Å². The van der Waals surface area contributed by atoms with Crippen LogP contribution in [0.25, 0.3) is 11.0 Å². The van der Waals surface area contributed by atoms with Crippen molar-refractivity contribution >= 4 is 16.9 Å². The number of pyridine rings is 1. The van der Waals surface area contributed by atoms with E-state index in [4.69, 9.17) is 4.98 Å². The zero-order valence-electron chi connectivity index (χ0n) is 14.3. The fraction of sp³-hybridized carbons (Fsp3) is 0.350. The zero-order chi connectivity index (χ0) is 17.7. The molecule has 0 aliphatic carbocycles. The van der Waals surface area contributed by atoms with Crippen molar-refractivity contribution < 1.29 is 5.11 Å². The highest BCUT2D eigenvalue weighted by atomic mass is 16.3. The molecule has 5 rings (SSSR count). The fourth-order valence-corrected chi connectivity index (χ4v) is 4.56. The number of para-hydroxylation sites is 2. The van der Waals surface area contributed by atoms with Crippen molar-refractivity contribution in [1.82, 2.24) is 14.5 Å². The maximum absolute atomic E-state index is 12.4. The van der Waals surface area contributed by atoms with Crippen molar-refractivity contribution in [2.24, 2.45) is 5.92 Å². The summed E-state index contributed by atoms with van der Waals surface area (Å²) in [6.07, 6.45) is 2.82. The maximum atomic E-state index is 12.4. The van der Waals surface area contributed by atoms with E-state index in [1.807, 2.05) is 47.2 Å². The SMILES string of the molecule is O=c1cccc2n1[C@@H](CO)[C@H]1C[C@@H]2CN(c2cnc3ccccc3n2)C1. The van der Waals surface area contributed by atoms with E-state index in [1.54, 1.807) is 6.07 Å². The highest BCUT2D eigenvalue weighted by Gasteiger charge is 2.40. The molecule has 1 fully saturated rings. The summed E-state index contributed by atoms with van der Waals surface area (Å²) in [6.45, 7) is 1.56. The van der Waals surface area contributed by atoms with E-state index in [0.29, 0.717) is 0 Å². The molecular formula is C20H20N4O2. The molecule has 26 heavy (non-hydrogen) atoms. The van der Waals surface area contributed by atoms with E-state index in [-0.39, 0.29) is 30.0 Å². The van der Waals surface area contributed by atoms with Crippen molar-refractivity contribution in [1.29, 1.82) is 0 Å². The summed E-state index contributed by atoms with van der Waals surface area (Å²) in [5.41, 5.74) is 2.77. The van der Waals surface area contributed by atoms with E-state index in [9.17, 15) is 9.90 Å². The first-order chi connectivity index (χ1) is 12.7. The second kappa shape index (κ2) is 5.92. The summed E-state index contributed by atoms with van der Waals surface area (Å²) in [6, 6.07) is 13.1. The minimum absolute atomic E-state index is 0.0183. The Labute approximate surface area is 150 Å². The van der Waals surface area contributed by atoms with Gasteiger partial charge in [-0.15, -0.1) is 0 Å². The Morgan fingerprint density at radius 1 is 1.08 bits per heavy atom. The van der Waals surface area contributed by atoms with Gasteiger partial charge in [-0.1, -0.05) is 18.2 Å². The zero-order valence-corrected chi connectivity index (χ0v) is 14.3. The Hall–Kier alpha value is -2.73. The molecule has 3 aromatic rings. The molecule has 1 saturated heterocycles. The molecule has 2 bridgehead atoms. The molecule has 132 valence electrons. The Bertz CT molecular complexity index is 1030. The first-order valence-electron chi connectivity index (χ1n) is 9.03. The standard InChI is InChI=1S/C20H20N4O2/c25-12-18-14-8-13(17-6-3-7-20(26)24(17)18)10-23(11-14)19-9-21-15-4-1-2-5-16(15)22-19/h1-7,9,13-14,18,25H,8,10-12H2/t13-,14+,18+/m1/s1. The molecule has 1 N–H and O–H groups in total. The number of fused-ring (bicyclic) bond motifs is 5. The van der Waals surface area contributed by atoms with E-state index in [1.165, 1.54) is 0 Å². The summed E-state index contributed by atoms with van der Waals surface area (Å²) < 4.78 is 1.81. The topological polar surface area (TPSA) is 71.2 Å². The van der Waals surface area contributed by atoms with Crippen molar-refractivity contribution in [2.45, 2.75) is 18.4 Å². The molecule has 0 unspecified atom stereocenters. The number of aromatic nitrogens is 3. The van der Waals surface area contributed by atoms with E-state index in [2.05, 4.69) is 9.88 Å². The molecule has 0 spiro atoms. The maximum Gasteiger partial charge on any atom is 0.251 e. The molecular weight excluding hydrogens is 328 g/mol. The third-order valence-electron chi connectivity index (χ3n) is 5.75. The first-order valence-corrected chi connectivity index (χ1v) is 9.03. The van der Waals surface area contributed by atoms with Gasteiger partial charge < -0.3 is 14.6 Å². The van der Waals surface area contributed by atoms with Gasteiger partial charge in [0.2, 0.25) is 0 Å². The molecule has 2 aliphatic rings. The Morgan fingerprint density at radius 3 is 2.77 bits per heavy atom. The molecule has 3 atom stereocenters. The van der Waals surface area contributed by atoms with Gasteiger partial charge in [0.25, 0.3) is 5.56 Å². The van der Waals surface area contributed by atoms with Crippen molar-refractivity contribution in [2.75, 3.05) is 24.6 Å². The number of aliphatic hydroxyl groups is 1. The van der Waals surface area contributed by atoms with Gasteiger partial charge in [-0.05, 0) is 24.6 Å². The molecule has 1 aromatic carbocycles. The number of benzene rings is 1. The van der Waals surface area contributed by atoms with Gasteiger partial charge in [-0.3, -0.25) is 9.78 Å². The molecule has 0 saturated carbocycles. The van der Waals surface area contributed by atoms with Crippen LogP contribution in [0.15, 0.2) is 53.5 Å². The lowest BCUT2D eigenvalue weighted by molar-refractivity contribution is 0.132. The van der Waals surface area contributed by atoms with Crippen LogP contribution in [0.4, 0.5) is 5.82 Å². The molecule has 2 aliphatic heterocycles. The minimum atomic E-state index is -0.175. The monoisotopic (exact) mass is 348 g/mol. The van der Waals surface area contributed by atoms with Crippen LogP contribution in [0, 0.1) is 5.92 Å². The van der Waals surface area contributed by atoms with Gasteiger partial charge in [-0.25, -0.2) is 4.98 Å². The van der Waals surface area contributed by atoms with Crippen LogP contribution in [0.1, 0.15) is 24.1 Å². The number of hydrogen-bond donors (Lipinski definition) is 1. The number of anilines is 1. The highest BCUT2D eigenvalue weighted by Crippen LogP contribution is 2.41. The number of piperidine rings is 1. The number of nitrogens with zero attached hydrogens (tertiary/aromatic N) is 4. The van der Waals surface area contributed by atoms with Crippen molar-refractivity contribution in [3.05, 3.63) is 64.7 Å². The molecule has 6 nitrogen and oxygen atoms in total. The van der Waals surface area contributed by atoms with E-state index >= 15 is 0 Å². The number of rotatable bonds is 2. The number of aliphatic hydroxyl groups excluding tert-OH is 1. The van der Waals surface area contributed by atoms with Crippen LogP contribution < -0.4 is 10.5 Å². The average molecular weight is 348 g/mol. The summed E-state index contributed by atoms with van der Waals surface area (Å²) in [7, 11) is 0. The van der Waals surface area contributed by atoms with Crippen LogP contribution in [0.3, 0.4) is 0 Å². The largest absolute Gasteiger partial charge is 0.394 e. The summed E-state index contributed by atoms with van der Waals surface area (Å²) >= 11 is 0.